The topological polar surface area (TPSA) is 121 Å². The number of aromatic nitrogens is 3. The Morgan fingerprint density at radius 2 is 1.87 bits per heavy atom. The number of hydrogen-bond acceptors (Lipinski definition) is 7. The highest BCUT2D eigenvalue weighted by Crippen LogP contribution is 2.44. The highest BCUT2D eigenvalue weighted by Gasteiger charge is 2.33. The van der Waals surface area contributed by atoms with Gasteiger partial charge < -0.3 is 15.5 Å². The molecule has 1 aliphatic heterocycles. The number of rotatable bonds is 5. The van der Waals surface area contributed by atoms with E-state index in [0.717, 1.165) is 0 Å². The molecular formula is C32H28Cl3F2N7O2. The third-order valence-corrected chi connectivity index (χ3v) is 9.15. The van der Waals surface area contributed by atoms with E-state index in [2.05, 4.69) is 22.6 Å². The predicted molar refractivity (Wildman–Crippen MR) is 177 cm³/mol. The number of fused-ring (bicyclic) bond motifs is 1. The minimum atomic E-state index is -1.16. The molecule has 5 rings (SSSR count). The number of anilines is 2. The van der Waals surface area contributed by atoms with Crippen LogP contribution in [0.1, 0.15) is 43.5 Å². The first-order valence-corrected chi connectivity index (χ1v) is 15.3. The largest absolute Gasteiger partial charge is 0.396 e. The average molecular weight is 687 g/mol. The summed E-state index contributed by atoms with van der Waals surface area (Å²) in [5, 5.41) is 9.14. The molecule has 0 saturated carbocycles. The van der Waals surface area contributed by atoms with Gasteiger partial charge in [-0.05, 0) is 43.5 Å². The van der Waals surface area contributed by atoms with Crippen molar-refractivity contribution in [3.8, 4) is 23.0 Å². The number of piperazine rings is 1. The van der Waals surface area contributed by atoms with Gasteiger partial charge in [0.15, 0.2) is 11.6 Å². The summed E-state index contributed by atoms with van der Waals surface area (Å²) in [6.07, 6.45) is 2.84. The third kappa shape index (κ3) is 5.24. The number of halogens is 5. The fraction of sp³-hybridized carbons (Fsp3) is 0.281. The van der Waals surface area contributed by atoms with Crippen LogP contribution in [0.25, 0.3) is 28.0 Å². The standard InChI is InChI=1S/C32H28Cl3F2N7O2/c1-6-20(45)43-10-9-42(13-16(43)5)30-17-11-19(33)28(21-24(36)22(34)23(35)25(37)26(21)39)41-31(17)44(32(46)18(30)12-38)29-15(4)7-8-40-27(29)14(2)3/h6-8,11,14,16H,1,9-10,13,39H2,2-5H3/t16-/m1/s1. The number of nitrogens with two attached hydrogens (primary N) is 1. The van der Waals surface area contributed by atoms with Gasteiger partial charge >= 0.3 is 0 Å². The van der Waals surface area contributed by atoms with Gasteiger partial charge in [-0.1, -0.05) is 55.2 Å². The van der Waals surface area contributed by atoms with Crippen LogP contribution in [0.4, 0.5) is 20.2 Å². The molecule has 1 aromatic carbocycles. The summed E-state index contributed by atoms with van der Waals surface area (Å²) in [5.74, 6) is -2.73. The number of pyridine rings is 3. The molecule has 2 N–H and O–H groups in total. The second kappa shape index (κ2) is 12.5. The molecule has 1 amide bonds. The SMILES string of the molecule is C=CC(=O)N1CCN(c2c(C#N)c(=O)n(-c3c(C)ccnc3C(C)C)c3nc(-c4c(N)c(F)c(Cl)c(Cl)c4F)c(Cl)cc23)C[C@H]1C. The average Bonchev–Trinajstić information content (AvgIpc) is 3.02. The van der Waals surface area contributed by atoms with E-state index in [-0.39, 0.29) is 70.5 Å². The molecule has 3 aromatic heterocycles. The van der Waals surface area contributed by atoms with Crippen molar-refractivity contribution in [3.63, 3.8) is 0 Å². The lowest BCUT2D eigenvalue weighted by atomic mass is 10.0. The first-order chi connectivity index (χ1) is 21.7. The lowest BCUT2D eigenvalue weighted by Crippen LogP contribution is -2.54. The van der Waals surface area contributed by atoms with Gasteiger partial charge in [-0.25, -0.2) is 13.8 Å². The van der Waals surface area contributed by atoms with Gasteiger partial charge in [-0.15, -0.1) is 0 Å². The first-order valence-electron chi connectivity index (χ1n) is 14.2. The molecule has 9 nitrogen and oxygen atoms in total. The summed E-state index contributed by atoms with van der Waals surface area (Å²) >= 11 is 18.6. The predicted octanol–water partition coefficient (Wildman–Crippen LogP) is 6.79. The lowest BCUT2D eigenvalue weighted by Gasteiger charge is -2.41. The summed E-state index contributed by atoms with van der Waals surface area (Å²) in [5.41, 5.74) is 5.35. The molecule has 1 aliphatic rings. The number of carbonyl (C=O) groups is 1. The van der Waals surface area contributed by atoms with Crippen molar-refractivity contribution < 1.29 is 13.6 Å². The number of carbonyl (C=O) groups excluding carboxylic acids is 1. The number of aryl methyl sites for hydroxylation is 1. The van der Waals surface area contributed by atoms with E-state index < -0.39 is 38.5 Å². The Bertz CT molecular complexity index is 2030. The molecule has 0 unspecified atom stereocenters. The van der Waals surface area contributed by atoms with Crippen LogP contribution in [0.2, 0.25) is 15.1 Å². The van der Waals surface area contributed by atoms with E-state index in [1.165, 1.54) is 16.7 Å². The lowest BCUT2D eigenvalue weighted by molar-refractivity contribution is -0.128. The molecular weight excluding hydrogens is 659 g/mol. The monoisotopic (exact) mass is 685 g/mol. The summed E-state index contributed by atoms with van der Waals surface area (Å²) in [6, 6.07) is 4.90. The van der Waals surface area contributed by atoms with Crippen LogP contribution in [0.3, 0.4) is 0 Å². The second-order valence-electron chi connectivity index (χ2n) is 11.3. The van der Waals surface area contributed by atoms with E-state index in [4.69, 9.17) is 40.5 Å². The van der Waals surface area contributed by atoms with Crippen molar-refractivity contribution >= 4 is 63.1 Å². The summed E-state index contributed by atoms with van der Waals surface area (Å²) < 4.78 is 31.9. The van der Waals surface area contributed by atoms with Gasteiger partial charge in [-0.3, -0.25) is 19.1 Å². The maximum absolute atomic E-state index is 15.6. The normalized spacial score (nSPS) is 15.0. The van der Waals surface area contributed by atoms with E-state index in [1.807, 2.05) is 25.7 Å². The van der Waals surface area contributed by atoms with Crippen LogP contribution >= 0.6 is 34.8 Å². The fourth-order valence-corrected chi connectivity index (χ4v) is 6.46. The number of amides is 1. The molecule has 0 aliphatic carbocycles. The molecule has 238 valence electrons. The zero-order valence-corrected chi connectivity index (χ0v) is 27.5. The number of nitrogens with zero attached hydrogens (tertiary/aromatic N) is 6. The molecule has 0 spiro atoms. The maximum atomic E-state index is 15.6. The Labute approximate surface area is 278 Å². The van der Waals surface area contributed by atoms with Gasteiger partial charge in [-0.2, -0.15) is 5.26 Å². The minimum absolute atomic E-state index is 0.0149. The molecule has 0 radical (unpaired) electrons. The number of benzene rings is 1. The quantitative estimate of drug-likeness (QED) is 0.106. The van der Waals surface area contributed by atoms with E-state index in [0.29, 0.717) is 16.9 Å². The van der Waals surface area contributed by atoms with Crippen molar-refractivity contribution in [1.29, 1.82) is 5.26 Å². The van der Waals surface area contributed by atoms with Crippen LogP contribution in [-0.2, 0) is 4.79 Å². The minimum Gasteiger partial charge on any atom is -0.396 e. The van der Waals surface area contributed by atoms with Gasteiger partial charge in [0, 0.05) is 37.3 Å². The molecule has 46 heavy (non-hydrogen) atoms. The fourth-order valence-electron chi connectivity index (χ4n) is 5.85. The highest BCUT2D eigenvalue weighted by molar-refractivity contribution is 6.43. The molecule has 1 atom stereocenters. The zero-order chi connectivity index (χ0) is 33.8. The Balaban J connectivity index is 1.94. The molecule has 0 bridgehead atoms. The number of nitrogen functional groups attached to an aromatic ring is 1. The maximum Gasteiger partial charge on any atom is 0.276 e. The van der Waals surface area contributed by atoms with Crippen molar-refractivity contribution in [2.45, 2.75) is 39.7 Å². The molecule has 1 saturated heterocycles. The van der Waals surface area contributed by atoms with Gasteiger partial charge in [0.05, 0.1) is 44.1 Å². The summed E-state index contributed by atoms with van der Waals surface area (Å²) in [7, 11) is 0. The second-order valence-corrected chi connectivity index (χ2v) is 12.4. The molecule has 14 heteroatoms. The Morgan fingerprint density at radius 1 is 1.20 bits per heavy atom. The van der Waals surface area contributed by atoms with Crippen molar-refractivity contribution in [2.24, 2.45) is 0 Å². The zero-order valence-electron chi connectivity index (χ0n) is 25.3. The number of nitriles is 1. The number of hydrogen-bond donors (Lipinski definition) is 1. The van der Waals surface area contributed by atoms with Crippen molar-refractivity contribution in [3.05, 3.63) is 84.9 Å². The highest BCUT2D eigenvalue weighted by atomic mass is 35.5. The summed E-state index contributed by atoms with van der Waals surface area (Å²) in [4.78, 5) is 39.5. The van der Waals surface area contributed by atoms with Crippen LogP contribution in [0, 0.1) is 29.9 Å². The van der Waals surface area contributed by atoms with Crippen LogP contribution in [-0.4, -0.2) is 51.0 Å². The third-order valence-electron chi connectivity index (χ3n) is 8.05. The molecule has 4 aromatic rings. The van der Waals surface area contributed by atoms with E-state index in [9.17, 15) is 14.9 Å². The van der Waals surface area contributed by atoms with Crippen LogP contribution < -0.4 is 16.2 Å². The van der Waals surface area contributed by atoms with Gasteiger partial charge in [0.2, 0.25) is 5.91 Å². The van der Waals surface area contributed by atoms with Crippen LogP contribution in [0.5, 0.6) is 0 Å². The first kappa shape index (κ1) is 33.1. The molecule has 1 fully saturated rings. The van der Waals surface area contributed by atoms with Crippen LogP contribution in [0.15, 0.2) is 35.8 Å². The van der Waals surface area contributed by atoms with E-state index >= 15 is 8.78 Å². The summed E-state index contributed by atoms with van der Waals surface area (Å²) in [6.45, 7) is 11.8. The Hall–Kier alpha value is -4.24. The van der Waals surface area contributed by atoms with E-state index in [1.54, 1.807) is 24.1 Å². The Kier molecular flexibility index (Phi) is 9.01. The van der Waals surface area contributed by atoms with Crippen molar-refractivity contribution in [1.82, 2.24) is 19.4 Å². The van der Waals surface area contributed by atoms with Crippen molar-refractivity contribution in [2.75, 3.05) is 30.3 Å². The molecule has 4 heterocycles. The van der Waals surface area contributed by atoms with Gasteiger partial charge in [0.25, 0.3) is 5.56 Å². The Morgan fingerprint density at radius 3 is 2.48 bits per heavy atom. The van der Waals surface area contributed by atoms with Gasteiger partial charge in [0.1, 0.15) is 22.3 Å². The smallest absolute Gasteiger partial charge is 0.276 e.